The quantitative estimate of drug-likeness (QED) is 0.749. The number of aromatic nitrogens is 3. The molecule has 5 nitrogen and oxygen atoms in total. The van der Waals surface area contributed by atoms with Crippen LogP contribution in [0.4, 0.5) is 5.82 Å². The highest BCUT2D eigenvalue weighted by Gasteiger charge is 2.10. The standard InChI is InChI=1S/C15H14N4O/c1-9-10(2)17-13-6-5-11(8-12(9)13)15(20)18-14-4-3-7-16-19-14/h3-8,17H,1-2H3,(H,18,19,20). The largest absolute Gasteiger partial charge is 0.358 e. The van der Waals surface area contributed by atoms with Gasteiger partial charge in [0.2, 0.25) is 0 Å². The average Bonchev–Trinajstić information content (AvgIpc) is 2.75. The van der Waals surface area contributed by atoms with E-state index in [1.807, 2.05) is 26.0 Å². The highest BCUT2D eigenvalue weighted by molar-refractivity contribution is 6.06. The van der Waals surface area contributed by atoms with Crippen LogP contribution in [0.5, 0.6) is 0 Å². The Morgan fingerprint density at radius 2 is 2.10 bits per heavy atom. The number of anilines is 1. The summed E-state index contributed by atoms with van der Waals surface area (Å²) in [5.74, 6) is 0.255. The summed E-state index contributed by atoms with van der Waals surface area (Å²) in [6.45, 7) is 4.06. The van der Waals surface area contributed by atoms with E-state index >= 15 is 0 Å². The zero-order chi connectivity index (χ0) is 14.1. The van der Waals surface area contributed by atoms with Gasteiger partial charge in [0.15, 0.2) is 5.82 Å². The SMILES string of the molecule is Cc1[nH]c2ccc(C(=O)Nc3cccnn3)cc2c1C. The van der Waals surface area contributed by atoms with E-state index in [9.17, 15) is 4.79 Å². The molecule has 3 aromatic rings. The van der Waals surface area contributed by atoms with Gasteiger partial charge in [0, 0.05) is 28.4 Å². The average molecular weight is 266 g/mol. The van der Waals surface area contributed by atoms with Gasteiger partial charge in [-0.2, -0.15) is 5.10 Å². The molecule has 2 aromatic heterocycles. The fourth-order valence-electron chi connectivity index (χ4n) is 2.16. The minimum atomic E-state index is -0.189. The summed E-state index contributed by atoms with van der Waals surface area (Å²) in [6.07, 6.45) is 1.56. The van der Waals surface area contributed by atoms with Crippen molar-refractivity contribution in [2.75, 3.05) is 5.32 Å². The summed E-state index contributed by atoms with van der Waals surface area (Å²) in [4.78, 5) is 15.5. The Morgan fingerprint density at radius 3 is 2.85 bits per heavy atom. The Labute approximate surface area is 116 Å². The number of nitrogens with one attached hydrogen (secondary N) is 2. The number of aryl methyl sites for hydroxylation is 2. The lowest BCUT2D eigenvalue weighted by atomic mass is 10.1. The second-order valence-electron chi connectivity index (χ2n) is 4.70. The molecule has 3 rings (SSSR count). The topological polar surface area (TPSA) is 70.7 Å². The lowest BCUT2D eigenvalue weighted by Gasteiger charge is -2.03. The summed E-state index contributed by atoms with van der Waals surface area (Å²) in [5, 5.41) is 11.4. The van der Waals surface area contributed by atoms with Crippen LogP contribution in [0.15, 0.2) is 36.5 Å². The van der Waals surface area contributed by atoms with Gasteiger partial charge in [-0.3, -0.25) is 4.79 Å². The number of carbonyl (C=O) groups is 1. The third kappa shape index (κ3) is 2.14. The predicted octanol–water partition coefficient (Wildman–Crippen LogP) is 2.83. The lowest BCUT2D eigenvalue weighted by molar-refractivity contribution is 0.102. The van der Waals surface area contributed by atoms with E-state index in [2.05, 4.69) is 20.5 Å². The van der Waals surface area contributed by atoms with E-state index in [0.717, 1.165) is 22.2 Å². The van der Waals surface area contributed by atoms with E-state index < -0.39 is 0 Å². The molecule has 1 aromatic carbocycles. The fraction of sp³-hybridized carbons (Fsp3) is 0.133. The number of hydrogen-bond donors (Lipinski definition) is 2. The number of H-pyrrole nitrogens is 1. The van der Waals surface area contributed by atoms with Crippen molar-refractivity contribution >= 4 is 22.6 Å². The van der Waals surface area contributed by atoms with Crippen molar-refractivity contribution in [3.8, 4) is 0 Å². The second kappa shape index (κ2) is 4.77. The van der Waals surface area contributed by atoms with E-state index in [4.69, 9.17) is 0 Å². The number of nitrogens with zero attached hydrogens (tertiary/aromatic N) is 2. The van der Waals surface area contributed by atoms with Crippen LogP contribution in [0.1, 0.15) is 21.6 Å². The molecule has 2 heterocycles. The van der Waals surface area contributed by atoms with Crippen molar-refractivity contribution < 1.29 is 4.79 Å². The molecule has 0 saturated carbocycles. The van der Waals surface area contributed by atoms with Crippen molar-refractivity contribution in [2.45, 2.75) is 13.8 Å². The molecular formula is C15H14N4O. The Kier molecular flexibility index (Phi) is 2.95. The van der Waals surface area contributed by atoms with Crippen molar-refractivity contribution in [3.63, 3.8) is 0 Å². The summed E-state index contributed by atoms with van der Waals surface area (Å²) in [7, 11) is 0. The molecule has 100 valence electrons. The van der Waals surface area contributed by atoms with E-state index in [-0.39, 0.29) is 5.91 Å². The maximum atomic E-state index is 12.2. The van der Waals surface area contributed by atoms with Crippen LogP contribution in [0.3, 0.4) is 0 Å². The monoisotopic (exact) mass is 266 g/mol. The van der Waals surface area contributed by atoms with E-state index in [1.165, 1.54) is 0 Å². The zero-order valence-electron chi connectivity index (χ0n) is 11.3. The molecule has 1 amide bonds. The van der Waals surface area contributed by atoms with Crippen LogP contribution in [-0.4, -0.2) is 21.1 Å². The number of carbonyl (C=O) groups excluding carboxylic acids is 1. The number of fused-ring (bicyclic) bond motifs is 1. The molecule has 0 aliphatic heterocycles. The van der Waals surface area contributed by atoms with Gasteiger partial charge in [-0.25, -0.2) is 0 Å². The first-order valence-corrected chi connectivity index (χ1v) is 6.33. The minimum absolute atomic E-state index is 0.189. The van der Waals surface area contributed by atoms with Crippen molar-refractivity contribution in [1.29, 1.82) is 0 Å². The van der Waals surface area contributed by atoms with Gasteiger partial charge in [0.1, 0.15) is 0 Å². The molecular weight excluding hydrogens is 252 g/mol. The molecule has 0 aliphatic rings. The summed E-state index contributed by atoms with van der Waals surface area (Å²) in [5.41, 5.74) is 3.92. The van der Waals surface area contributed by atoms with Gasteiger partial charge in [-0.05, 0) is 49.7 Å². The number of aromatic amines is 1. The predicted molar refractivity (Wildman–Crippen MR) is 77.8 cm³/mol. The van der Waals surface area contributed by atoms with Gasteiger partial charge in [-0.15, -0.1) is 5.10 Å². The molecule has 2 N–H and O–H groups in total. The first-order chi connectivity index (χ1) is 9.65. The number of rotatable bonds is 2. The van der Waals surface area contributed by atoms with Gasteiger partial charge in [0.25, 0.3) is 5.91 Å². The molecule has 0 unspecified atom stereocenters. The van der Waals surface area contributed by atoms with Crippen LogP contribution in [-0.2, 0) is 0 Å². The molecule has 20 heavy (non-hydrogen) atoms. The maximum absolute atomic E-state index is 12.2. The Morgan fingerprint density at radius 1 is 1.25 bits per heavy atom. The smallest absolute Gasteiger partial charge is 0.256 e. The van der Waals surface area contributed by atoms with Crippen LogP contribution in [0.2, 0.25) is 0 Å². The molecule has 0 aliphatic carbocycles. The minimum Gasteiger partial charge on any atom is -0.358 e. The number of hydrogen-bond acceptors (Lipinski definition) is 3. The first kappa shape index (κ1) is 12.3. The van der Waals surface area contributed by atoms with Crippen LogP contribution in [0, 0.1) is 13.8 Å². The molecule has 0 atom stereocenters. The first-order valence-electron chi connectivity index (χ1n) is 6.33. The van der Waals surface area contributed by atoms with Crippen molar-refractivity contribution in [3.05, 3.63) is 53.3 Å². The molecule has 0 bridgehead atoms. The van der Waals surface area contributed by atoms with Crippen molar-refractivity contribution in [1.82, 2.24) is 15.2 Å². The summed E-state index contributed by atoms with van der Waals surface area (Å²) in [6, 6.07) is 9.03. The third-order valence-corrected chi connectivity index (χ3v) is 3.38. The highest BCUT2D eigenvalue weighted by atomic mass is 16.1. The van der Waals surface area contributed by atoms with E-state index in [1.54, 1.807) is 24.4 Å². The van der Waals surface area contributed by atoms with Gasteiger partial charge < -0.3 is 10.3 Å². The maximum Gasteiger partial charge on any atom is 0.256 e. The fourth-order valence-corrected chi connectivity index (χ4v) is 2.16. The number of benzene rings is 1. The van der Waals surface area contributed by atoms with E-state index in [0.29, 0.717) is 11.4 Å². The molecule has 5 heteroatoms. The van der Waals surface area contributed by atoms with Gasteiger partial charge in [-0.1, -0.05) is 0 Å². The van der Waals surface area contributed by atoms with Crippen LogP contribution in [0.25, 0.3) is 10.9 Å². The number of amides is 1. The van der Waals surface area contributed by atoms with Crippen LogP contribution >= 0.6 is 0 Å². The summed E-state index contributed by atoms with van der Waals surface area (Å²) < 4.78 is 0. The lowest BCUT2D eigenvalue weighted by Crippen LogP contribution is -2.13. The second-order valence-corrected chi connectivity index (χ2v) is 4.70. The molecule has 0 fully saturated rings. The Bertz CT molecular complexity index is 777. The third-order valence-electron chi connectivity index (χ3n) is 3.38. The zero-order valence-corrected chi connectivity index (χ0v) is 11.3. The molecule has 0 saturated heterocycles. The summed E-state index contributed by atoms with van der Waals surface area (Å²) >= 11 is 0. The van der Waals surface area contributed by atoms with Gasteiger partial charge >= 0.3 is 0 Å². The van der Waals surface area contributed by atoms with Crippen LogP contribution < -0.4 is 5.32 Å². The normalized spacial score (nSPS) is 10.7. The van der Waals surface area contributed by atoms with Gasteiger partial charge in [0.05, 0.1) is 0 Å². The molecule has 0 radical (unpaired) electrons. The highest BCUT2D eigenvalue weighted by Crippen LogP contribution is 2.22. The van der Waals surface area contributed by atoms with Crippen molar-refractivity contribution in [2.24, 2.45) is 0 Å². The molecule has 0 spiro atoms. The Hall–Kier alpha value is -2.69. The Balaban J connectivity index is 1.94.